The van der Waals surface area contributed by atoms with Gasteiger partial charge in [-0.3, -0.25) is 9.69 Å². The van der Waals surface area contributed by atoms with Crippen molar-refractivity contribution in [2.24, 2.45) is 5.92 Å². The number of hydrogen-bond donors (Lipinski definition) is 0. The van der Waals surface area contributed by atoms with Gasteiger partial charge in [-0.25, -0.2) is 4.98 Å². The van der Waals surface area contributed by atoms with Crippen molar-refractivity contribution in [2.45, 2.75) is 111 Å². The van der Waals surface area contributed by atoms with E-state index in [1.165, 1.54) is 41.0 Å². The molecule has 2 aromatic heterocycles. The molecule has 0 bridgehead atoms. The van der Waals surface area contributed by atoms with Gasteiger partial charge in [-0.05, 0) is 94.9 Å². The monoisotopic (exact) mass is 615 g/mol. The number of pyridine rings is 1. The zero-order valence-corrected chi connectivity index (χ0v) is 28.2. The van der Waals surface area contributed by atoms with E-state index in [0.29, 0.717) is 49.1 Å². The maximum atomic E-state index is 14.0. The molecule has 7 heteroatoms. The molecule has 1 saturated carbocycles. The van der Waals surface area contributed by atoms with E-state index in [1.54, 1.807) is 0 Å². The predicted molar refractivity (Wildman–Crippen MR) is 178 cm³/mol. The number of benzene rings is 1. The molecular formula is C37H49N3O3S. The highest BCUT2D eigenvalue weighted by Gasteiger charge is 2.38. The summed E-state index contributed by atoms with van der Waals surface area (Å²) in [6.45, 7) is 16.9. The zero-order valence-electron chi connectivity index (χ0n) is 27.4. The molecule has 2 fully saturated rings. The van der Waals surface area contributed by atoms with Crippen LogP contribution in [-0.2, 0) is 24.3 Å². The van der Waals surface area contributed by atoms with Crippen LogP contribution < -0.4 is 4.74 Å². The molecule has 6 nitrogen and oxygen atoms in total. The fourth-order valence-electron chi connectivity index (χ4n) is 7.61. The molecule has 1 aromatic carbocycles. The van der Waals surface area contributed by atoms with E-state index in [4.69, 9.17) is 14.5 Å². The molecule has 3 aromatic rings. The molecule has 6 rings (SSSR count). The summed E-state index contributed by atoms with van der Waals surface area (Å²) >= 11 is 1.91. The van der Waals surface area contributed by atoms with E-state index in [9.17, 15) is 4.79 Å². The van der Waals surface area contributed by atoms with Gasteiger partial charge >= 0.3 is 0 Å². The fourth-order valence-corrected chi connectivity index (χ4v) is 9.04. The van der Waals surface area contributed by atoms with Gasteiger partial charge < -0.3 is 14.4 Å². The Labute approximate surface area is 267 Å². The van der Waals surface area contributed by atoms with Crippen molar-refractivity contribution in [3.8, 4) is 5.88 Å². The van der Waals surface area contributed by atoms with Crippen molar-refractivity contribution in [3.63, 3.8) is 0 Å². The van der Waals surface area contributed by atoms with E-state index < -0.39 is 0 Å². The van der Waals surface area contributed by atoms with E-state index in [1.807, 2.05) is 41.4 Å². The van der Waals surface area contributed by atoms with Gasteiger partial charge in [0.2, 0.25) is 5.88 Å². The molecular weight excluding hydrogens is 566 g/mol. The largest absolute Gasteiger partial charge is 0.473 e. The molecule has 0 N–H and O–H groups in total. The third-order valence-corrected chi connectivity index (χ3v) is 11.6. The highest BCUT2D eigenvalue weighted by molar-refractivity contribution is 7.12. The fraction of sp³-hybridized carbons (Fsp3) is 0.568. The van der Waals surface area contributed by atoms with Crippen LogP contribution in [0.5, 0.6) is 5.88 Å². The van der Waals surface area contributed by atoms with Crippen molar-refractivity contribution < 1.29 is 14.3 Å². The standard InChI is InChI=1S/C37H49N3O3S/c1-23(2)43-31-19-40(20-31)30-14-12-29(13-15-30)26(5)35-27(6)34-33(44-35)16-17-39(37(34)41)21-32-24(3)18-25(4)38-36(32)42-22-28-10-8-7-9-11-28/h7-11,18,23,26,29-31H,12-17,19-22H2,1-6H3/t26-,29?,30?/m1/s1. The van der Waals surface area contributed by atoms with Crippen LogP contribution in [0.2, 0.25) is 0 Å². The van der Waals surface area contributed by atoms with Gasteiger partial charge in [-0.2, -0.15) is 0 Å². The summed E-state index contributed by atoms with van der Waals surface area (Å²) in [6.07, 6.45) is 6.75. The summed E-state index contributed by atoms with van der Waals surface area (Å²) in [5.41, 5.74) is 6.32. The number of rotatable bonds is 10. The maximum absolute atomic E-state index is 14.0. The van der Waals surface area contributed by atoms with E-state index in [2.05, 4.69) is 57.7 Å². The summed E-state index contributed by atoms with van der Waals surface area (Å²) in [5, 5.41) is 0. The minimum Gasteiger partial charge on any atom is -0.473 e. The lowest BCUT2D eigenvalue weighted by atomic mass is 9.76. The van der Waals surface area contributed by atoms with Gasteiger partial charge in [0.1, 0.15) is 6.61 Å². The second kappa shape index (κ2) is 13.3. The third-order valence-electron chi connectivity index (χ3n) is 10.1. The number of aromatic nitrogens is 1. The van der Waals surface area contributed by atoms with Gasteiger partial charge in [0.05, 0.1) is 24.3 Å². The number of thiophene rings is 1. The van der Waals surface area contributed by atoms with E-state index in [-0.39, 0.29) is 5.91 Å². The lowest BCUT2D eigenvalue weighted by Crippen LogP contribution is -2.57. The Morgan fingerprint density at radius 3 is 2.45 bits per heavy atom. The molecule has 0 radical (unpaired) electrons. The Kier molecular flexibility index (Phi) is 9.46. The average molecular weight is 616 g/mol. The van der Waals surface area contributed by atoms with Gasteiger partial charge in [0.25, 0.3) is 5.91 Å². The number of ether oxygens (including phenoxy) is 2. The first kappa shape index (κ1) is 31.3. The van der Waals surface area contributed by atoms with Crippen LogP contribution in [0, 0.1) is 26.7 Å². The topological polar surface area (TPSA) is 54.9 Å². The number of carbonyl (C=O) groups excluding carboxylic acids is 1. The molecule has 2 aliphatic heterocycles. The van der Waals surface area contributed by atoms with Crippen LogP contribution in [0.3, 0.4) is 0 Å². The third kappa shape index (κ3) is 6.61. The molecule has 1 aliphatic carbocycles. The maximum Gasteiger partial charge on any atom is 0.255 e. The molecule has 1 amide bonds. The Hall–Kier alpha value is -2.74. The Morgan fingerprint density at radius 2 is 1.75 bits per heavy atom. The summed E-state index contributed by atoms with van der Waals surface area (Å²) in [7, 11) is 0. The van der Waals surface area contributed by atoms with Crippen LogP contribution >= 0.6 is 11.3 Å². The van der Waals surface area contributed by atoms with Crippen LogP contribution in [0.25, 0.3) is 0 Å². The molecule has 236 valence electrons. The summed E-state index contributed by atoms with van der Waals surface area (Å²) < 4.78 is 12.2. The van der Waals surface area contributed by atoms with Crippen molar-refractivity contribution in [2.75, 3.05) is 19.6 Å². The van der Waals surface area contributed by atoms with E-state index in [0.717, 1.165) is 54.0 Å². The van der Waals surface area contributed by atoms with Gasteiger partial charge in [0.15, 0.2) is 0 Å². The first-order chi connectivity index (χ1) is 21.2. The first-order valence-electron chi connectivity index (χ1n) is 16.6. The van der Waals surface area contributed by atoms with Crippen LogP contribution in [-0.4, -0.2) is 58.6 Å². The average Bonchev–Trinajstić information content (AvgIpc) is 3.33. The normalized spacial score (nSPS) is 21.8. The summed E-state index contributed by atoms with van der Waals surface area (Å²) in [4.78, 5) is 26.1. The number of carbonyl (C=O) groups is 1. The van der Waals surface area contributed by atoms with Crippen molar-refractivity contribution in [3.05, 3.63) is 79.7 Å². The number of nitrogens with zero attached hydrogens (tertiary/aromatic N) is 3. The van der Waals surface area contributed by atoms with Gasteiger partial charge in [0, 0.05) is 53.1 Å². The van der Waals surface area contributed by atoms with Crippen molar-refractivity contribution >= 4 is 17.2 Å². The molecule has 0 spiro atoms. The lowest BCUT2D eigenvalue weighted by Gasteiger charge is -2.47. The Bertz CT molecular complexity index is 1450. The second-order valence-corrected chi connectivity index (χ2v) is 14.8. The van der Waals surface area contributed by atoms with Gasteiger partial charge in [-0.1, -0.05) is 37.3 Å². The SMILES string of the molecule is Cc1cc(C)c(CN2CCc3sc([C@H](C)C4CCC(N5CC(OC(C)C)C5)CC4)c(C)c3C2=O)c(OCc2ccccc2)n1. The van der Waals surface area contributed by atoms with Crippen molar-refractivity contribution in [1.29, 1.82) is 0 Å². The highest BCUT2D eigenvalue weighted by atomic mass is 32.1. The minimum atomic E-state index is 0.159. The second-order valence-electron chi connectivity index (χ2n) is 13.6. The van der Waals surface area contributed by atoms with Crippen LogP contribution in [0.1, 0.15) is 100 Å². The predicted octanol–water partition coefficient (Wildman–Crippen LogP) is 7.62. The Balaban J connectivity index is 1.11. The molecule has 4 heterocycles. The number of likely N-dealkylation sites (tertiary alicyclic amines) is 1. The summed E-state index contributed by atoms with van der Waals surface area (Å²) in [6, 6.07) is 13.0. The number of amides is 1. The number of aryl methyl sites for hydroxylation is 2. The Morgan fingerprint density at radius 1 is 1.02 bits per heavy atom. The smallest absolute Gasteiger partial charge is 0.255 e. The highest BCUT2D eigenvalue weighted by Crippen LogP contribution is 2.44. The van der Waals surface area contributed by atoms with Crippen LogP contribution in [0.15, 0.2) is 36.4 Å². The first-order valence-corrected chi connectivity index (χ1v) is 17.4. The number of fused-ring (bicyclic) bond motifs is 1. The van der Waals surface area contributed by atoms with E-state index >= 15 is 0 Å². The molecule has 3 aliphatic rings. The van der Waals surface area contributed by atoms with Crippen molar-refractivity contribution in [1.82, 2.24) is 14.8 Å². The molecule has 1 saturated heterocycles. The zero-order chi connectivity index (χ0) is 31.0. The molecule has 0 unspecified atom stereocenters. The molecule has 44 heavy (non-hydrogen) atoms. The minimum absolute atomic E-state index is 0.159. The quantitative estimate of drug-likeness (QED) is 0.235. The summed E-state index contributed by atoms with van der Waals surface area (Å²) in [5.74, 6) is 1.97. The van der Waals surface area contributed by atoms with Crippen LogP contribution in [0.4, 0.5) is 0 Å². The number of hydrogen-bond acceptors (Lipinski definition) is 6. The lowest BCUT2D eigenvalue weighted by molar-refractivity contribution is -0.100. The molecule has 1 atom stereocenters. The van der Waals surface area contributed by atoms with Gasteiger partial charge in [-0.15, -0.1) is 11.3 Å².